The maximum absolute atomic E-state index is 12.4. The number of nitrogen functional groups attached to an aromatic ring is 1. The number of rotatable bonds is 3. The van der Waals surface area contributed by atoms with Gasteiger partial charge in [0.2, 0.25) is 0 Å². The molecule has 0 saturated carbocycles. The monoisotopic (exact) mass is 437 g/mol. The minimum absolute atomic E-state index is 0. The quantitative estimate of drug-likeness (QED) is 0.451. The predicted molar refractivity (Wildman–Crippen MR) is 116 cm³/mol. The van der Waals surface area contributed by atoms with Gasteiger partial charge in [-0.25, -0.2) is 19.7 Å². The number of fused-ring (bicyclic) bond motifs is 2. The van der Waals surface area contributed by atoms with Crippen LogP contribution >= 0.6 is 24.8 Å². The van der Waals surface area contributed by atoms with Crippen molar-refractivity contribution in [3.63, 3.8) is 0 Å². The lowest BCUT2D eigenvalue weighted by atomic mass is 10.0. The van der Waals surface area contributed by atoms with Crippen LogP contribution in [0.2, 0.25) is 0 Å². The first kappa shape index (κ1) is 21.1. The van der Waals surface area contributed by atoms with Gasteiger partial charge in [-0.15, -0.1) is 24.8 Å². The second-order valence-corrected chi connectivity index (χ2v) is 6.88. The van der Waals surface area contributed by atoms with Gasteiger partial charge in [0.25, 0.3) is 0 Å². The molecule has 1 saturated heterocycles. The molecular weight excluding hydrogens is 417 g/mol. The van der Waals surface area contributed by atoms with Gasteiger partial charge in [0, 0.05) is 25.3 Å². The molecule has 4 N–H and O–H groups in total. The van der Waals surface area contributed by atoms with E-state index in [1.165, 1.54) is 0 Å². The van der Waals surface area contributed by atoms with Gasteiger partial charge >= 0.3 is 5.69 Å². The standard InChI is InChI=1S/C18H19N7O2.2ClH/c19-17-22-12-2-1-11(7-13(12)23-17)14-8-20-15-16(21-14)25(18(26)24-15)9-10-3-5-27-6-4-10;;/h1-2,7-8,10H,3-6,9H2,(H3,19,22,23)(H,20,24,26);2*1H. The second-order valence-electron chi connectivity index (χ2n) is 6.88. The number of hydrogen-bond acceptors (Lipinski definition) is 6. The summed E-state index contributed by atoms with van der Waals surface area (Å²) >= 11 is 0. The molecule has 5 rings (SSSR count). The summed E-state index contributed by atoms with van der Waals surface area (Å²) in [4.78, 5) is 31.6. The number of nitrogens with zero attached hydrogens (tertiary/aromatic N) is 4. The molecule has 0 aliphatic carbocycles. The molecule has 0 spiro atoms. The maximum atomic E-state index is 12.4. The Morgan fingerprint density at radius 3 is 2.76 bits per heavy atom. The van der Waals surface area contributed by atoms with Crippen molar-refractivity contribution >= 4 is 53.1 Å². The van der Waals surface area contributed by atoms with E-state index in [1.54, 1.807) is 10.8 Å². The fourth-order valence-electron chi connectivity index (χ4n) is 3.60. The first-order chi connectivity index (χ1) is 13.2. The number of imidazole rings is 2. The molecule has 0 amide bonds. The van der Waals surface area contributed by atoms with Crippen LogP contribution in [0.4, 0.5) is 5.95 Å². The molecule has 1 fully saturated rings. The molecule has 9 nitrogen and oxygen atoms in total. The van der Waals surface area contributed by atoms with Crippen LogP contribution in [0.15, 0.2) is 29.2 Å². The summed E-state index contributed by atoms with van der Waals surface area (Å²) in [5.41, 5.74) is 9.83. The highest BCUT2D eigenvalue weighted by molar-refractivity contribution is 5.85. The Bertz CT molecular complexity index is 1190. The lowest BCUT2D eigenvalue weighted by Crippen LogP contribution is -2.26. The zero-order valence-electron chi connectivity index (χ0n) is 15.4. The number of ether oxygens (including phenoxy) is 1. The zero-order chi connectivity index (χ0) is 18.4. The topological polar surface area (TPSA) is 128 Å². The van der Waals surface area contributed by atoms with Gasteiger partial charge < -0.3 is 15.5 Å². The van der Waals surface area contributed by atoms with Crippen LogP contribution in [0.5, 0.6) is 0 Å². The van der Waals surface area contributed by atoms with E-state index >= 15 is 0 Å². The maximum Gasteiger partial charge on any atom is 0.328 e. The molecule has 4 heterocycles. The number of aromatic nitrogens is 6. The Hall–Kier alpha value is -2.62. The van der Waals surface area contributed by atoms with E-state index in [2.05, 4.69) is 19.9 Å². The number of halogens is 2. The van der Waals surface area contributed by atoms with Crippen molar-refractivity contribution < 1.29 is 4.74 Å². The number of nitrogens with one attached hydrogen (secondary N) is 2. The molecular formula is C18H21Cl2N7O2. The van der Waals surface area contributed by atoms with E-state index < -0.39 is 0 Å². The first-order valence-electron chi connectivity index (χ1n) is 8.96. The summed E-state index contributed by atoms with van der Waals surface area (Å²) in [5.74, 6) is 0.782. The minimum Gasteiger partial charge on any atom is -0.381 e. The van der Waals surface area contributed by atoms with E-state index in [4.69, 9.17) is 15.5 Å². The molecule has 0 atom stereocenters. The zero-order valence-corrected chi connectivity index (χ0v) is 17.1. The van der Waals surface area contributed by atoms with E-state index in [0.717, 1.165) is 42.7 Å². The largest absolute Gasteiger partial charge is 0.381 e. The molecule has 154 valence electrons. The van der Waals surface area contributed by atoms with Crippen molar-refractivity contribution in [2.24, 2.45) is 5.92 Å². The van der Waals surface area contributed by atoms with Crippen LogP contribution in [0, 0.1) is 5.92 Å². The van der Waals surface area contributed by atoms with Crippen molar-refractivity contribution in [2.75, 3.05) is 18.9 Å². The van der Waals surface area contributed by atoms with E-state index in [1.807, 2.05) is 18.2 Å². The highest BCUT2D eigenvalue weighted by atomic mass is 35.5. The highest BCUT2D eigenvalue weighted by Crippen LogP contribution is 2.24. The lowest BCUT2D eigenvalue weighted by Gasteiger charge is -2.21. The molecule has 3 aromatic heterocycles. The molecule has 0 unspecified atom stereocenters. The molecule has 11 heteroatoms. The highest BCUT2D eigenvalue weighted by Gasteiger charge is 2.18. The third kappa shape index (κ3) is 3.93. The third-order valence-electron chi connectivity index (χ3n) is 5.06. The number of hydrogen-bond donors (Lipinski definition) is 3. The van der Waals surface area contributed by atoms with Crippen molar-refractivity contribution in [3.05, 3.63) is 34.9 Å². The Labute approximate surface area is 177 Å². The Balaban J connectivity index is 0.00000120. The van der Waals surface area contributed by atoms with Gasteiger partial charge in [0.1, 0.15) is 0 Å². The number of benzene rings is 1. The van der Waals surface area contributed by atoms with Crippen LogP contribution in [0.1, 0.15) is 12.8 Å². The van der Waals surface area contributed by atoms with Gasteiger partial charge in [-0.1, -0.05) is 6.07 Å². The van der Waals surface area contributed by atoms with Crippen LogP contribution in [-0.2, 0) is 11.3 Å². The molecule has 1 aromatic carbocycles. The lowest BCUT2D eigenvalue weighted by molar-refractivity contribution is 0.0613. The van der Waals surface area contributed by atoms with Gasteiger partial charge in [-0.05, 0) is 30.9 Å². The van der Waals surface area contributed by atoms with Gasteiger partial charge in [-0.3, -0.25) is 9.55 Å². The summed E-state index contributed by atoms with van der Waals surface area (Å²) in [6, 6.07) is 5.74. The Morgan fingerprint density at radius 2 is 1.97 bits per heavy atom. The summed E-state index contributed by atoms with van der Waals surface area (Å²) in [6.45, 7) is 2.11. The number of nitrogens with two attached hydrogens (primary N) is 1. The summed E-state index contributed by atoms with van der Waals surface area (Å²) < 4.78 is 7.10. The summed E-state index contributed by atoms with van der Waals surface area (Å²) in [7, 11) is 0. The molecule has 0 bridgehead atoms. The molecule has 4 aromatic rings. The average molecular weight is 438 g/mol. The number of aromatic amines is 2. The van der Waals surface area contributed by atoms with Crippen molar-refractivity contribution in [3.8, 4) is 11.3 Å². The third-order valence-corrected chi connectivity index (χ3v) is 5.06. The average Bonchev–Trinajstić information content (AvgIpc) is 3.20. The summed E-state index contributed by atoms with van der Waals surface area (Å²) in [5, 5.41) is 0. The fourth-order valence-corrected chi connectivity index (χ4v) is 3.60. The SMILES string of the molecule is Cl.Cl.Nc1nc2ccc(-c3cnc4[nH]c(=O)n(CC5CCOCC5)c4n3)cc2[nH]1. The number of H-pyrrole nitrogens is 2. The minimum atomic E-state index is -0.176. The van der Waals surface area contributed by atoms with Crippen LogP contribution in [-0.4, -0.2) is 42.7 Å². The molecule has 29 heavy (non-hydrogen) atoms. The van der Waals surface area contributed by atoms with Crippen LogP contribution in [0.25, 0.3) is 33.6 Å². The van der Waals surface area contributed by atoms with Crippen LogP contribution < -0.4 is 11.4 Å². The van der Waals surface area contributed by atoms with Gasteiger partial charge in [-0.2, -0.15) is 0 Å². The normalized spacial score (nSPS) is 14.6. The predicted octanol–water partition coefficient (Wildman–Crippen LogP) is 2.52. The van der Waals surface area contributed by atoms with Crippen molar-refractivity contribution in [1.82, 2.24) is 29.5 Å². The van der Waals surface area contributed by atoms with E-state index in [9.17, 15) is 4.79 Å². The first-order valence-corrected chi connectivity index (χ1v) is 8.96. The Kier molecular flexibility index (Phi) is 6.11. The number of anilines is 1. The molecule has 1 aliphatic rings. The second kappa shape index (κ2) is 8.40. The Morgan fingerprint density at radius 1 is 1.17 bits per heavy atom. The van der Waals surface area contributed by atoms with Crippen molar-refractivity contribution in [1.29, 1.82) is 0 Å². The fraction of sp³-hybridized carbons (Fsp3) is 0.333. The van der Waals surface area contributed by atoms with E-state index in [-0.39, 0.29) is 30.5 Å². The van der Waals surface area contributed by atoms with Crippen molar-refractivity contribution in [2.45, 2.75) is 19.4 Å². The molecule has 1 aliphatic heterocycles. The summed E-state index contributed by atoms with van der Waals surface area (Å²) in [6.07, 6.45) is 3.56. The van der Waals surface area contributed by atoms with Gasteiger partial charge in [0.05, 0.1) is 22.9 Å². The van der Waals surface area contributed by atoms with E-state index in [0.29, 0.717) is 35.4 Å². The molecule has 0 radical (unpaired) electrons. The smallest absolute Gasteiger partial charge is 0.328 e. The van der Waals surface area contributed by atoms with Gasteiger partial charge in [0.15, 0.2) is 17.2 Å². The van der Waals surface area contributed by atoms with Crippen LogP contribution in [0.3, 0.4) is 0 Å².